The molecule has 1 spiro atoms. The van der Waals surface area contributed by atoms with Crippen LogP contribution >= 0.6 is 0 Å². The lowest BCUT2D eigenvalue weighted by Crippen LogP contribution is -2.89. The summed E-state index contributed by atoms with van der Waals surface area (Å²) < 4.78 is 60.0. The summed E-state index contributed by atoms with van der Waals surface area (Å²) in [4.78, 5) is 32.6. The van der Waals surface area contributed by atoms with E-state index < -0.39 is 88.5 Å². The summed E-state index contributed by atoms with van der Waals surface area (Å²) in [6.07, 6.45) is -2.62. The number of hydrogen-bond acceptors (Lipinski definition) is 13. The highest BCUT2D eigenvalue weighted by Gasteiger charge is 2.89. The van der Waals surface area contributed by atoms with Crippen molar-refractivity contribution >= 4 is 11.9 Å². The molecule has 4 aliphatic rings. The molecule has 0 radical (unpaired) electrons. The molecule has 13 nitrogen and oxygen atoms in total. The zero-order chi connectivity index (χ0) is 37.4. The molecule has 288 valence electrons. The normalized spacial score (nSPS) is 42.2. The van der Waals surface area contributed by atoms with Crippen LogP contribution in [0.4, 0.5) is 0 Å². The van der Waals surface area contributed by atoms with E-state index in [4.69, 9.17) is 42.6 Å². The minimum atomic E-state index is -2.02. The Morgan fingerprint density at radius 1 is 0.824 bits per heavy atom. The topological polar surface area (TPSA) is 150 Å². The van der Waals surface area contributed by atoms with Gasteiger partial charge in [0.05, 0.1) is 41.8 Å². The van der Waals surface area contributed by atoms with Crippen molar-refractivity contribution in [3.63, 3.8) is 0 Å². The average Bonchev–Trinajstić information content (AvgIpc) is 3.33. The number of carbonyl (C=O) groups excluding carboxylic acids is 2. The second-order valence-corrected chi connectivity index (χ2v) is 14.4. The molecule has 13 atom stereocenters. The van der Waals surface area contributed by atoms with Crippen molar-refractivity contribution in [3.8, 4) is 0 Å². The van der Waals surface area contributed by atoms with E-state index in [-0.39, 0.29) is 45.2 Å². The summed E-state index contributed by atoms with van der Waals surface area (Å²) in [6, 6.07) is 1.71. The third-order valence-corrected chi connectivity index (χ3v) is 11.8. The highest BCUT2D eigenvalue weighted by molar-refractivity contribution is 5.91. The van der Waals surface area contributed by atoms with Crippen molar-refractivity contribution in [2.24, 2.45) is 17.3 Å². The Hall–Kier alpha value is -2.23. The summed E-state index contributed by atoms with van der Waals surface area (Å²) in [7, 11) is 0. The minimum Gasteiger partial charge on any atom is -0.459 e. The first-order valence-corrected chi connectivity index (χ1v) is 18.7. The van der Waals surface area contributed by atoms with Crippen LogP contribution in [0.15, 0.2) is 18.5 Å². The monoisotopic (exact) mass is 721 g/mol. The molecule has 0 amide bonds. The van der Waals surface area contributed by atoms with Gasteiger partial charge in [-0.25, -0.2) is 4.79 Å². The standard InChI is InChI=1S/C38H59NO12/c1-11-43-21-37-31(47-15-5)27(44-12-2)26-29(46-14-4)38(37)36(10,42)30(28(45-13-3)32(37)48-16-6)50-33(40)23(8)22(7)24-17-18-39-19-25(24)34(41)49-20-35(26,9)51-38/h17-19,22-23,26-32,42H,11-16,20-21H2,1-10H3/t22?,23?,26?,27?,28-,29+,30-,31+,32-,35-,36-,37+,38-/m1/s1. The maximum Gasteiger partial charge on any atom is 0.340 e. The van der Waals surface area contributed by atoms with Gasteiger partial charge in [-0.15, -0.1) is 0 Å². The molecule has 1 N–H and O–H groups in total. The van der Waals surface area contributed by atoms with Gasteiger partial charge in [-0.2, -0.15) is 0 Å². The fourth-order valence-corrected chi connectivity index (χ4v) is 9.67. The molecule has 3 fully saturated rings. The molecule has 1 aromatic rings. The lowest BCUT2D eigenvalue weighted by Gasteiger charge is -2.69. The van der Waals surface area contributed by atoms with E-state index in [0.29, 0.717) is 18.8 Å². The van der Waals surface area contributed by atoms with Crippen LogP contribution in [0.25, 0.3) is 0 Å². The molecule has 2 aliphatic carbocycles. The smallest absolute Gasteiger partial charge is 0.340 e. The van der Waals surface area contributed by atoms with E-state index in [2.05, 4.69) is 4.98 Å². The molecular weight excluding hydrogens is 662 g/mol. The van der Waals surface area contributed by atoms with Crippen molar-refractivity contribution in [1.82, 2.24) is 4.98 Å². The zero-order valence-electron chi connectivity index (χ0n) is 32.0. The van der Waals surface area contributed by atoms with Gasteiger partial charge < -0.3 is 47.7 Å². The zero-order valence-corrected chi connectivity index (χ0v) is 32.0. The van der Waals surface area contributed by atoms with Gasteiger partial charge in [0.15, 0.2) is 6.10 Å². The van der Waals surface area contributed by atoms with Crippen LogP contribution in [0.1, 0.15) is 91.1 Å². The van der Waals surface area contributed by atoms with E-state index in [0.717, 1.165) is 0 Å². The quantitative estimate of drug-likeness (QED) is 0.294. The molecule has 3 heterocycles. The van der Waals surface area contributed by atoms with Crippen LogP contribution in [-0.4, -0.2) is 128 Å². The summed E-state index contributed by atoms with van der Waals surface area (Å²) in [5.74, 6) is -3.10. The fourth-order valence-electron chi connectivity index (χ4n) is 9.67. The number of aromatic nitrogens is 1. The number of ether oxygens (including phenoxy) is 9. The summed E-state index contributed by atoms with van der Waals surface area (Å²) in [6.45, 7) is 19.7. The molecule has 4 bridgehead atoms. The number of fused-ring (bicyclic) bond motifs is 5. The number of nitrogens with zero attached hydrogens (tertiary/aromatic N) is 1. The van der Waals surface area contributed by atoms with Gasteiger partial charge in [0.1, 0.15) is 35.6 Å². The van der Waals surface area contributed by atoms with E-state index in [1.807, 2.05) is 55.4 Å². The molecule has 1 aromatic heterocycles. The second-order valence-electron chi connectivity index (χ2n) is 14.4. The SMILES string of the molecule is CCOC[C@]12[C@H](OCC)[C@H](OCC)[C@H]3OC(=O)C(C)C(C)c4ccncc4C(=O)OC[C@@]4(C)O[C@]1([C@@H](OCC)C4C(OCC)[C@@H]2OCC)[C@]3(C)O. The number of aliphatic hydroxyl groups is 1. The second kappa shape index (κ2) is 15.6. The van der Waals surface area contributed by atoms with Crippen molar-refractivity contribution in [2.45, 2.75) is 129 Å². The average molecular weight is 722 g/mol. The molecular formula is C38H59NO12. The number of hydrogen-bond donors (Lipinski definition) is 1. The Kier molecular flexibility index (Phi) is 12.2. The maximum atomic E-state index is 14.4. The maximum absolute atomic E-state index is 14.4. The Morgan fingerprint density at radius 3 is 2.02 bits per heavy atom. The minimum absolute atomic E-state index is 0.0125. The van der Waals surface area contributed by atoms with Crippen LogP contribution in [0.3, 0.4) is 0 Å². The summed E-state index contributed by atoms with van der Waals surface area (Å²) in [5.41, 5.74) is -5.65. The number of pyridine rings is 1. The highest BCUT2D eigenvalue weighted by Crippen LogP contribution is 2.70. The number of rotatable bonds is 13. The Bertz CT molecular complexity index is 1380. The summed E-state index contributed by atoms with van der Waals surface area (Å²) in [5, 5.41) is 13.5. The van der Waals surface area contributed by atoms with Crippen molar-refractivity contribution in [3.05, 3.63) is 29.6 Å². The molecule has 2 saturated carbocycles. The highest BCUT2D eigenvalue weighted by atomic mass is 16.7. The predicted molar refractivity (Wildman–Crippen MR) is 184 cm³/mol. The van der Waals surface area contributed by atoms with Crippen molar-refractivity contribution in [2.75, 3.05) is 52.9 Å². The lowest BCUT2D eigenvalue weighted by atomic mass is 9.45. The van der Waals surface area contributed by atoms with Crippen LogP contribution < -0.4 is 0 Å². The molecule has 4 unspecified atom stereocenters. The van der Waals surface area contributed by atoms with Gasteiger partial charge in [-0.05, 0) is 72.9 Å². The van der Waals surface area contributed by atoms with Crippen LogP contribution in [0, 0.1) is 17.3 Å². The fraction of sp³-hybridized carbons (Fsp3) is 0.816. The molecule has 0 aromatic carbocycles. The Balaban J connectivity index is 1.91. The van der Waals surface area contributed by atoms with Crippen LogP contribution in [0.5, 0.6) is 0 Å². The lowest BCUT2D eigenvalue weighted by molar-refractivity contribution is -0.401. The van der Waals surface area contributed by atoms with E-state index in [1.54, 1.807) is 26.1 Å². The van der Waals surface area contributed by atoms with Crippen molar-refractivity contribution in [1.29, 1.82) is 0 Å². The first-order chi connectivity index (χ1) is 24.3. The van der Waals surface area contributed by atoms with E-state index in [1.165, 1.54) is 6.20 Å². The number of carbonyl (C=O) groups is 2. The van der Waals surface area contributed by atoms with Gasteiger partial charge in [-0.1, -0.05) is 13.8 Å². The first-order valence-electron chi connectivity index (χ1n) is 18.7. The van der Waals surface area contributed by atoms with Gasteiger partial charge in [-0.3, -0.25) is 9.78 Å². The molecule has 2 aliphatic heterocycles. The third kappa shape index (κ3) is 6.04. The van der Waals surface area contributed by atoms with Gasteiger partial charge in [0.25, 0.3) is 0 Å². The Morgan fingerprint density at radius 2 is 1.41 bits per heavy atom. The summed E-state index contributed by atoms with van der Waals surface area (Å²) >= 11 is 0. The van der Waals surface area contributed by atoms with Crippen LogP contribution in [-0.2, 0) is 47.4 Å². The van der Waals surface area contributed by atoms with Gasteiger partial charge in [0.2, 0.25) is 0 Å². The van der Waals surface area contributed by atoms with E-state index in [9.17, 15) is 14.7 Å². The Labute approximate surface area is 302 Å². The molecule has 1 saturated heterocycles. The largest absolute Gasteiger partial charge is 0.459 e. The van der Waals surface area contributed by atoms with Gasteiger partial charge >= 0.3 is 11.9 Å². The number of esters is 2. The van der Waals surface area contributed by atoms with Gasteiger partial charge in [0, 0.05) is 58.0 Å². The molecule has 5 rings (SSSR count). The van der Waals surface area contributed by atoms with Crippen LogP contribution in [0.2, 0.25) is 0 Å². The molecule has 13 heteroatoms. The van der Waals surface area contributed by atoms with E-state index >= 15 is 0 Å². The van der Waals surface area contributed by atoms with Crippen molar-refractivity contribution < 1.29 is 57.3 Å². The third-order valence-electron chi connectivity index (χ3n) is 11.8. The predicted octanol–water partition coefficient (Wildman–Crippen LogP) is 3.87. The molecule has 51 heavy (non-hydrogen) atoms. The number of cyclic esters (lactones) is 1. The first kappa shape index (κ1) is 40.0.